The van der Waals surface area contributed by atoms with Crippen molar-refractivity contribution in [3.05, 3.63) is 51.8 Å². The fourth-order valence-electron chi connectivity index (χ4n) is 3.21. The minimum atomic E-state index is -0.371. The van der Waals surface area contributed by atoms with Crippen molar-refractivity contribution in [1.82, 2.24) is 15.5 Å². The fraction of sp³-hybridized carbons (Fsp3) is 0.300. The zero-order valence-electron chi connectivity index (χ0n) is 16.1. The molecule has 0 radical (unpaired) electrons. The van der Waals surface area contributed by atoms with Crippen LogP contribution in [-0.4, -0.2) is 28.5 Å². The number of carbonyl (C=O) groups excluding carboxylic acids is 2. The summed E-state index contributed by atoms with van der Waals surface area (Å²) in [6, 6.07) is 5.67. The standard InChI is InChI=1S/C20H22N4O3/c1-10-6-11(2)18(12(3)7-10)23-16(25)9-21-19(26)15-8-13(4)22-20-17(15)14(5)24-27-20/h6-8H,9H2,1-5H3,(H,21,26)(H,23,25). The molecule has 0 saturated carbocycles. The van der Waals surface area contributed by atoms with Crippen molar-refractivity contribution < 1.29 is 14.1 Å². The molecular weight excluding hydrogens is 344 g/mol. The average Bonchev–Trinajstić information content (AvgIpc) is 2.96. The molecule has 0 aliphatic heterocycles. The van der Waals surface area contributed by atoms with Crippen LogP contribution in [0.2, 0.25) is 0 Å². The minimum absolute atomic E-state index is 0.140. The number of rotatable bonds is 4. The Hall–Kier alpha value is -3.22. The molecule has 7 heteroatoms. The maximum atomic E-state index is 12.6. The molecule has 0 fully saturated rings. The molecule has 0 aliphatic rings. The molecule has 140 valence electrons. The van der Waals surface area contributed by atoms with Crippen molar-refractivity contribution in [1.29, 1.82) is 0 Å². The minimum Gasteiger partial charge on any atom is -0.343 e. The van der Waals surface area contributed by atoms with Gasteiger partial charge in [-0.3, -0.25) is 9.59 Å². The first-order valence-corrected chi connectivity index (χ1v) is 8.65. The number of benzene rings is 1. The van der Waals surface area contributed by atoms with Crippen LogP contribution < -0.4 is 10.6 Å². The third-order valence-electron chi connectivity index (χ3n) is 4.34. The number of anilines is 1. The molecule has 7 nitrogen and oxygen atoms in total. The topological polar surface area (TPSA) is 97.1 Å². The Labute approximate surface area is 157 Å². The Balaban J connectivity index is 1.73. The summed E-state index contributed by atoms with van der Waals surface area (Å²) in [5.74, 6) is -0.660. The lowest BCUT2D eigenvalue weighted by molar-refractivity contribution is -0.115. The molecule has 0 spiro atoms. The van der Waals surface area contributed by atoms with E-state index in [4.69, 9.17) is 4.52 Å². The van der Waals surface area contributed by atoms with E-state index in [1.54, 1.807) is 19.9 Å². The van der Waals surface area contributed by atoms with Crippen molar-refractivity contribution in [3.8, 4) is 0 Å². The molecule has 2 aromatic heterocycles. The van der Waals surface area contributed by atoms with E-state index >= 15 is 0 Å². The summed E-state index contributed by atoms with van der Waals surface area (Å²) in [6.45, 7) is 9.27. The van der Waals surface area contributed by atoms with Crippen molar-refractivity contribution in [3.63, 3.8) is 0 Å². The van der Waals surface area contributed by atoms with Crippen LogP contribution in [-0.2, 0) is 4.79 Å². The first kappa shape index (κ1) is 18.6. The summed E-state index contributed by atoms with van der Waals surface area (Å²) >= 11 is 0. The molecule has 0 bridgehead atoms. The Bertz CT molecular complexity index is 1030. The number of amides is 2. The molecule has 2 amide bonds. The maximum absolute atomic E-state index is 12.6. The largest absolute Gasteiger partial charge is 0.343 e. The quantitative estimate of drug-likeness (QED) is 0.739. The zero-order chi connectivity index (χ0) is 19.7. The normalized spacial score (nSPS) is 10.9. The predicted octanol–water partition coefficient (Wildman–Crippen LogP) is 3.13. The summed E-state index contributed by atoms with van der Waals surface area (Å²) in [5, 5.41) is 9.95. The van der Waals surface area contributed by atoms with Crippen LogP contribution in [0, 0.1) is 34.6 Å². The van der Waals surface area contributed by atoms with Crippen LogP contribution in [0.4, 0.5) is 5.69 Å². The molecular formula is C20H22N4O3. The molecule has 2 N–H and O–H groups in total. The number of nitrogens with zero attached hydrogens (tertiary/aromatic N) is 2. The van der Waals surface area contributed by atoms with Gasteiger partial charge in [0.15, 0.2) is 0 Å². The van der Waals surface area contributed by atoms with Gasteiger partial charge in [0.1, 0.15) is 0 Å². The van der Waals surface area contributed by atoms with E-state index in [0.717, 1.165) is 22.4 Å². The average molecular weight is 366 g/mol. The van der Waals surface area contributed by atoms with Crippen LogP contribution in [0.25, 0.3) is 11.1 Å². The Morgan fingerprint density at radius 3 is 2.37 bits per heavy atom. The lowest BCUT2D eigenvalue weighted by Crippen LogP contribution is -2.33. The number of hydrogen-bond donors (Lipinski definition) is 2. The van der Waals surface area contributed by atoms with Gasteiger partial charge in [-0.2, -0.15) is 0 Å². The van der Waals surface area contributed by atoms with E-state index in [1.165, 1.54) is 0 Å². The number of aromatic nitrogens is 2. The van der Waals surface area contributed by atoms with Gasteiger partial charge in [0.05, 0.1) is 23.2 Å². The van der Waals surface area contributed by atoms with Crippen molar-refractivity contribution in [2.24, 2.45) is 0 Å². The molecule has 1 aromatic carbocycles. The number of aryl methyl sites for hydroxylation is 5. The van der Waals surface area contributed by atoms with E-state index in [0.29, 0.717) is 28.1 Å². The zero-order valence-corrected chi connectivity index (χ0v) is 16.1. The van der Waals surface area contributed by atoms with Crippen molar-refractivity contribution in [2.75, 3.05) is 11.9 Å². The summed E-state index contributed by atoms with van der Waals surface area (Å²) < 4.78 is 5.14. The lowest BCUT2D eigenvalue weighted by atomic mass is 10.1. The monoisotopic (exact) mass is 366 g/mol. The van der Waals surface area contributed by atoms with Gasteiger partial charge in [-0.25, -0.2) is 4.98 Å². The van der Waals surface area contributed by atoms with Gasteiger partial charge in [0.25, 0.3) is 11.6 Å². The number of hydrogen-bond acceptors (Lipinski definition) is 5. The first-order valence-electron chi connectivity index (χ1n) is 8.65. The maximum Gasteiger partial charge on any atom is 0.258 e. The third-order valence-corrected chi connectivity index (χ3v) is 4.34. The second kappa shape index (κ2) is 7.19. The fourth-order valence-corrected chi connectivity index (χ4v) is 3.21. The van der Waals surface area contributed by atoms with E-state index in [9.17, 15) is 9.59 Å². The third kappa shape index (κ3) is 3.81. The van der Waals surface area contributed by atoms with Crippen LogP contribution in [0.1, 0.15) is 38.4 Å². The van der Waals surface area contributed by atoms with E-state index in [-0.39, 0.29) is 18.4 Å². The van der Waals surface area contributed by atoms with Gasteiger partial charge < -0.3 is 15.2 Å². The van der Waals surface area contributed by atoms with E-state index in [1.807, 2.05) is 32.9 Å². The molecule has 0 aliphatic carbocycles. The van der Waals surface area contributed by atoms with Crippen LogP contribution in [0.5, 0.6) is 0 Å². The highest BCUT2D eigenvalue weighted by Crippen LogP contribution is 2.23. The molecule has 2 heterocycles. The Morgan fingerprint density at radius 2 is 1.70 bits per heavy atom. The highest BCUT2D eigenvalue weighted by Gasteiger charge is 2.18. The second-order valence-corrected chi connectivity index (χ2v) is 6.76. The van der Waals surface area contributed by atoms with Crippen LogP contribution in [0.15, 0.2) is 22.7 Å². The van der Waals surface area contributed by atoms with Gasteiger partial charge in [-0.1, -0.05) is 22.9 Å². The Kier molecular flexibility index (Phi) is 4.94. The molecule has 3 aromatic rings. The van der Waals surface area contributed by atoms with Gasteiger partial charge in [-0.15, -0.1) is 0 Å². The van der Waals surface area contributed by atoms with Crippen molar-refractivity contribution >= 4 is 28.6 Å². The highest BCUT2D eigenvalue weighted by atomic mass is 16.5. The molecule has 27 heavy (non-hydrogen) atoms. The summed E-state index contributed by atoms with van der Waals surface area (Å²) in [4.78, 5) is 29.2. The summed E-state index contributed by atoms with van der Waals surface area (Å²) in [7, 11) is 0. The van der Waals surface area contributed by atoms with Crippen molar-refractivity contribution in [2.45, 2.75) is 34.6 Å². The lowest BCUT2D eigenvalue weighted by Gasteiger charge is -2.13. The van der Waals surface area contributed by atoms with Gasteiger partial charge >= 0.3 is 0 Å². The van der Waals surface area contributed by atoms with Gasteiger partial charge in [0, 0.05) is 11.4 Å². The second-order valence-electron chi connectivity index (χ2n) is 6.76. The predicted molar refractivity (Wildman–Crippen MR) is 103 cm³/mol. The molecule has 0 atom stereocenters. The SMILES string of the molecule is Cc1cc(C)c(NC(=O)CNC(=O)c2cc(C)nc3onc(C)c23)c(C)c1. The van der Waals surface area contributed by atoms with Crippen LogP contribution in [0.3, 0.4) is 0 Å². The molecule has 0 unspecified atom stereocenters. The smallest absolute Gasteiger partial charge is 0.258 e. The summed E-state index contributed by atoms with van der Waals surface area (Å²) in [5.41, 5.74) is 5.81. The van der Waals surface area contributed by atoms with E-state index in [2.05, 4.69) is 20.8 Å². The molecule has 0 saturated heterocycles. The summed E-state index contributed by atoms with van der Waals surface area (Å²) in [6.07, 6.45) is 0. The number of carbonyl (C=O) groups is 2. The number of pyridine rings is 1. The Morgan fingerprint density at radius 1 is 1.04 bits per heavy atom. The van der Waals surface area contributed by atoms with Gasteiger partial charge in [-0.05, 0) is 51.8 Å². The number of fused-ring (bicyclic) bond motifs is 1. The number of nitrogens with one attached hydrogen (secondary N) is 2. The van der Waals surface area contributed by atoms with Gasteiger partial charge in [0.2, 0.25) is 5.91 Å². The first-order chi connectivity index (χ1) is 12.8. The molecule has 3 rings (SSSR count). The highest BCUT2D eigenvalue weighted by molar-refractivity contribution is 6.07. The van der Waals surface area contributed by atoms with E-state index < -0.39 is 0 Å². The van der Waals surface area contributed by atoms with Crippen LogP contribution >= 0.6 is 0 Å².